The molecule has 146 valence electrons. The molecule has 0 spiro atoms. The summed E-state index contributed by atoms with van der Waals surface area (Å²) in [5.41, 5.74) is 2.04. The van der Waals surface area contributed by atoms with Crippen LogP contribution in [0, 0.1) is 5.92 Å². The van der Waals surface area contributed by atoms with Gasteiger partial charge in [0.2, 0.25) is 5.01 Å². The van der Waals surface area contributed by atoms with Gasteiger partial charge in [-0.05, 0) is 76.0 Å². The fourth-order valence-corrected chi connectivity index (χ4v) is 4.17. The highest BCUT2D eigenvalue weighted by Crippen LogP contribution is 2.22. The number of hydrogen-bond donors (Lipinski definition) is 2. The molecule has 27 heavy (non-hydrogen) atoms. The Morgan fingerprint density at radius 1 is 1.22 bits per heavy atom. The van der Waals surface area contributed by atoms with Gasteiger partial charge in [-0.1, -0.05) is 30.4 Å². The number of likely N-dealkylation sites (tertiary alicyclic amines) is 1. The maximum atomic E-state index is 12.4. The third kappa shape index (κ3) is 5.82. The number of anilines is 1. The monoisotopic (exact) mass is 387 g/mol. The molecule has 1 aromatic carbocycles. The molecular weight excluding hydrogens is 358 g/mol. The Hall–Kier alpha value is -1.83. The number of nitrogens with zero attached hydrogens (tertiary/aromatic N) is 3. The van der Waals surface area contributed by atoms with Crippen LogP contribution in [0.15, 0.2) is 24.3 Å². The lowest BCUT2D eigenvalue weighted by Crippen LogP contribution is -2.34. The average Bonchev–Trinajstić information content (AvgIpc) is 3.17. The van der Waals surface area contributed by atoms with Crippen LogP contribution in [-0.4, -0.2) is 47.7 Å². The number of aromatic nitrogens is 2. The van der Waals surface area contributed by atoms with Crippen LogP contribution < -0.4 is 10.6 Å². The van der Waals surface area contributed by atoms with E-state index in [4.69, 9.17) is 0 Å². The maximum Gasteiger partial charge on any atom is 0.286 e. The van der Waals surface area contributed by atoms with Crippen LogP contribution >= 0.6 is 11.3 Å². The van der Waals surface area contributed by atoms with Crippen molar-refractivity contribution >= 4 is 22.9 Å². The van der Waals surface area contributed by atoms with E-state index in [-0.39, 0.29) is 5.91 Å². The quantitative estimate of drug-likeness (QED) is 0.728. The minimum absolute atomic E-state index is 0.186. The van der Waals surface area contributed by atoms with E-state index in [0.29, 0.717) is 5.01 Å². The van der Waals surface area contributed by atoms with Crippen molar-refractivity contribution in [1.82, 2.24) is 20.4 Å². The van der Waals surface area contributed by atoms with Crippen molar-refractivity contribution < 1.29 is 4.79 Å². The van der Waals surface area contributed by atoms with E-state index < -0.39 is 0 Å². The lowest BCUT2D eigenvalue weighted by Gasteiger charge is -2.31. The summed E-state index contributed by atoms with van der Waals surface area (Å²) in [5, 5.41) is 15.8. The molecule has 6 nitrogen and oxygen atoms in total. The zero-order valence-electron chi connectivity index (χ0n) is 16.2. The number of nitrogens with one attached hydrogen (secondary N) is 2. The second-order valence-electron chi connectivity index (χ2n) is 7.12. The minimum atomic E-state index is -0.186. The van der Waals surface area contributed by atoms with Crippen LogP contribution in [0.5, 0.6) is 0 Å². The van der Waals surface area contributed by atoms with Gasteiger partial charge in [-0.3, -0.25) is 9.69 Å². The van der Waals surface area contributed by atoms with E-state index in [1.54, 1.807) is 0 Å². The topological polar surface area (TPSA) is 70.2 Å². The van der Waals surface area contributed by atoms with E-state index in [1.807, 2.05) is 31.3 Å². The zero-order valence-corrected chi connectivity index (χ0v) is 17.0. The normalized spacial score (nSPS) is 15.8. The van der Waals surface area contributed by atoms with Crippen molar-refractivity contribution in [3.05, 3.63) is 39.8 Å². The third-order valence-corrected chi connectivity index (χ3v) is 6.06. The summed E-state index contributed by atoms with van der Waals surface area (Å²) in [7, 11) is 2.01. The zero-order chi connectivity index (χ0) is 19.1. The number of amides is 1. The van der Waals surface area contributed by atoms with Gasteiger partial charge < -0.3 is 10.6 Å². The van der Waals surface area contributed by atoms with Crippen molar-refractivity contribution in [2.24, 2.45) is 5.92 Å². The number of carbonyl (C=O) groups is 1. The summed E-state index contributed by atoms with van der Waals surface area (Å²) in [4.78, 5) is 14.8. The molecule has 7 heteroatoms. The van der Waals surface area contributed by atoms with Crippen LogP contribution in [0.25, 0.3) is 0 Å². The van der Waals surface area contributed by atoms with E-state index in [9.17, 15) is 4.79 Å². The second kappa shape index (κ2) is 9.92. The van der Waals surface area contributed by atoms with Gasteiger partial charge in [-0.25, -0.2) is 0 Å². The standard InChI is InChI=1S/C20H29N5OS/c1-3-15-4-6-17(7-5-15)22-19(26)20-24-23-18(27-20)14-25-12-9-16(10-13-25)8-11-21-2/h4-7,16,21H,3,8-14H2,1-2H3,(H,22,26). The first-order valence-corrected chi connectivity index (χ1v) is 10.6. The molecule has 0 radical (unpaired) electrons. The van der Waals surface area contributed by atoms with Crippen LogP contribution in [0.2, 0.25) is 0 Å². The van der Waals surface area contributed by atoms with Crippen LogP contribution in [-0.2, 0) is 13.0 Å². The highest BCUT2D eigenvalue weighted by molar-refractivity contribution is 7.13. The molecule has 1 aliphatic heterocycles. The Morgan fingerprint density at radius 3 is 2.63 bits per heavy atom. The van der Waals surface area contributed by atoms with E-state index in [2.05, 4.69) is 32.7 Å². The first-order chi connectivity index (χ1) is 13.2. The lowest BCUT2D eigenvalue weighted by atomic mass is 9.93. The first-order valence-electron chi connectivity index (χ1n) is 9.77. The first kappa shape index (κ1) is 19.9. The minimum Gasteiger partial charge on any atom is -0.320 e. The summed E-state index contributed by atoms with van der Waals surface area (Å²) >= 11 is 1.39. The smallest absolute Gasteiger partial charge is 0.286 e. The van der Waals surface area contributed by atoms with E-state index in [0.717, 1.165) is 49.2 Å². The van der Waals surface area contributed by atoms with Crippen molar-refractivity contribution in [3.8, 4) is 0 Å². The molecule has 0 bridgehead atoms. The average molecular weight is 388 g/mol. The van der Waals surface area contributed by atoms with Crippen LogP contribution in [0.1, 0.15) is 46.6 Å². The highest BCUT2D eigenvalue weighted by atomic mass is 32.1. The van der Waals surface area contributed by atoms with Crippen molar-refractivity contribution in [1.29, 1.82) is 0 Å². The van der Waals surface area contributed by atoms with Gasteiger partial charge in [0.1, 0.15) is 5.01 Å². The maximum absolute atomic E-state index is 12.4. The number of benzene rings is 1. The molecule has 2 aromatic rings. The van der Waals surface area contributed by atoms with Crippen LogP contribution in [0.3, 0.4) is 0 Å². The predicted octanol–water partition coefficient (Wildman–Crippen LogP) is 3.17. The molecule has 2 N–H and O–H groups in total. The SMILES string of the molecule is CCc1ccc(NC(=O)c2nnc(CN3CCC(CCNC)CC3)s2)cc1. The Labute approximate surface area is 165 Å². The summed E-state index contributed by atoms with van der Waals surface area (Å²) in [5.74, 6) is 0.636. The molecule has 0 unspecified atom stereocenters. The number of aryl methyl sites for hydroxylation is 1. The Morgan fingerprint density at radius 2 is 1.96 bits per heavy atom. The molecule has 0 atom stereocenters. The van der Waals surface area contributed by atoms with Crippen LogP contribution in [0.4, 0.5) is 5.69 Å². The number of hydrogen-bond acceptors (Lipinski definition) is 6. The summed E-state index contributed by atoms with van der Waals surface area (Å²) in [6.45, 7) is 6.19. The van der Waals surface area contributed by atoms with Gasteiger partial charge in [-0.2, -0.15) is 0 Å². The van der Waals surface area contributed by atoms with E-state index >= 15 is 0 Å². The Bertz CT molecular complexity index is 722. The van der Waals surface area contributed by atoms with Gasteiger partial charge >= 0.3 is 0 Å². The van der Waals surface area contributed by atoms with Gasteiger partial charge in [0, 0.05) is 5.69 Å². The van der Waals surface area contributed by atoms with Gasteiger partial charge in [0.25, 0.3) is 5.91 Å². The molecule has 1 fully saturated rings. The predicted molar refractivity (Wildman–Crippen MR) is 110 cm³/mol. The summed E-state index contributed by atoms with van der Waals surface area (Å²) in [6, 6.07) is 7.91. The fraction of sp³-hybridized carbons (Fsp3) is 0.550. The van der Waals surface area contributed by atoms with Gasteiger partial charge in [0.05, 0.1) is 6.54 Å². The Balaban J connectivity index is 1.48. The molecule has 1 aliphatic rings. The van der Waals surface area contributed by atoms with Crippen molar-refractivity contribution in [2.75, 3.05) is 32.0 Å². The Kier molecular flexibility index (Phi) is 7.32. The van der Waals surface area contributed by atoms with E-state index in [1.165, 1.54) is 36.2 Å². The molecule has 3 rings (SSSR count). The summed E-state index contributed by atoms with van der Waals surface area (Å²) < 4.78 is 0. The fourth-order valence-electron chi connectivity index (χ4n) is 3.39. The number of rotatable bonds is 8. The molecular formula is C20H29N5OS. The summed E-state index contributed by atoms with van der Waals surface area (Å²) in [6.07, 6.45) is 4.72. The van der Waals surface area contributed by atoms with Gasteiger partial charge in [-0.15, -0.1) is 10.2 Å². The second-order valence-corrected chi connectivity index (χ2v) is 8.18. The largest absolute Gasteiger partial charge is 0.320 e. The highest BCUT2D eigenvalue weighted by Gasteiger charge is 2.21. The number of carbonyl (C=O) groups excluding carboxylic acids is 1. The molecule has 1 saturated heterocycles. The molecule has 2 heterocycles. The molecule has 0 saturated carbocycles. The molecule has 0 aliphatic carbocycles. The van der Waals surface area contributed by atoms with Gasteiger partial charge in [0.15, 0.2) is 0 Å². The van der Waals surface area contributed by atoms with Crippen molar-refractivity contribution in [2.45, 2.75) is 39.2 Å². The third-order valence-electron chi connectivity index (χ3n) is 5.15. The van der Waals surface area contributed by atoms with Crippen molar-refractivity contribution in [3.63, 3.8) is 0 Å². The molecule has 1 aromatic heterocycles. The molecule has 1 amide bonds. The number of piperidine rings is 1. The lowest BCUT2D eigenvalue weighted by molar-refractivity contribution is 0.102.